The Labute approximate surface area is 103 Å². The van der Waals surface area contributed by atoms with E-state index in [4.69, 9.17) is 4.74 Å². The van der Waals surface area contributed by atoms with E-state index < -0.39 is 0 Å². The number of methoxy groups -OCH3 is 1. The molecule has 0 bridgehead atoms. The van der Waals surface area contributed by atoms with Gasteiger partial charge in [0.2, 0.25) is 5.95 Å². The van der Waals surface area contributed by atoms with Gasteiger partial charge in [-0.2, -0.15) is 0 Å². The molecule has 0 aromatic carbocycles. The van der Waals surface area contributed by atoms with E-state index in [1.165, 1.54) is 6.42 Å². The first kappa shape index (κ1) is 12.4. The standard InChI is InChI=1S/C13H23N3O/c1-10-7-12(10)8-14-13-15-11(2)9-16(13)5-4-6-17-3/h9-10,12H,4-8H2,1-3H3,(H,14,15). The van der Waals surface area contributed by atoms with Crippen molar-refractivity contribution in [1.29, 1.82) is 0 Å². The zero-order valence-electron chi connectivity index (χ0n) is 11.1. The van der Waals surface area contributed by atoms with E-state index in [1.54, 1.807) is 7.11 Å². The molecule has 2 rings (SSSR count). The monoisotopic (exact) mass is 237 g/mol. The Kier molecular flexibility index (Phi) is 4.05. The molecule has 1 aliphatic carbocycles. The molecule has 0 saturated heterocycles. The van der Waals surface area contributed by atoms with Crippen LogP contribution in [0.5, 0.6) is 0 Å². The molecule has 4 nitrogen and oxygen atoms in total. The van der Waals surface area contributed by atoms with Crippen LogP contribution >= 0.6 is 0 Å². The number of nitrogens with one attached hydrogen (secondary N) is 1. The molecule has 4 heteroatoms. The maximum absolute atomic E-state index is 5.08. The van der Waals surface area contributed by atoms with E-state index in [0.29, 0.717) is 0 Å². The fourth-order valence-electron chi connectivity index (χ4n) is 2.14. The summed E-state index contributed by atoms with van der Waals surface area (Å²) in [5, 5.41) is 3.46. The minimum Gasteiger partial charge on any atom is -0.385 e. The van der Waals surface area contributed by atoms with Crippen LogP contribution in [0.15, 0.2) is 6.20 Å². The van der Waals surface area contributed by atoms with Gasteiger partial charge in [-0.1, -0.05) is 6.92 Å². The number of rotatable bonds is 7. The number of imidazole rings is 1. The zero-order valence-corrected chi connectivity index (χ0v) is 11.1. The molecule has 2 atom stereocenters. The summed E-state index contributed by atoms with van der Waals surface area (Å²) < 4.78 is 7.27. The molecule has 1 saturated carbocycles. The first-order valence-corrected chi connectivity index (χ1v) is 6.47. The van der Waals surface area contributed by atoms with Crippen molar-refractivity contribution < 1.29 is 4.74 Å². The molecule has 1 aromatic rings. The lowest BCUT2D eigenvalue weighted by Gasteiger charge is -2.09. The second-order valence-electron chi connectivity index (χ2n) is 5.10. The van der Waals surface area contributed by atoms with Crippen molar-refractivity contribution in [3.05, 3.63) is 11.9 Å². The number of nitrogens with zero attached hydrogens (tertiary/aromatic N) is 2. The van der Waals surface area contributed by atoms with Gasteiger partial charge in [-0.15, -0.1) is 0 Å². The number of aryl methyl sites for hydroxylation is 2. The van der Waals surface area contributed by atoms with Crippen molar-refractivity contribution in [3.63, 3.8) is 0 Å². The first-order valence-electron chi connectivity index (χ1n) is 6.47. The van der Waals surface area contributed by atoms with Gasteiger partial charge in [-0.25, -0.2) is 4.98 Å². The van der Waals surface area contributed by atoms with Crippen molar-refractivity contribution in [2.45, 2.75) is 33.2 Å². The number of aromatic nitrogens is 2. The minimum absolute atomic E-state index is 0.802. The van der Waals surface area contributed by atoms with E-state index in [0.717, 1.165) is 49.6 Å². The fourth-order valence-corrected chi connectivity index (χ4v) is 2.14. The molecule has 17 heavy (non-hydrogen) atoms. The van der Waals surface area contributed by atoms with Crippen LogP contribution in [0.4, 0.5) is 5.95 Å². The summed E-state index contributed by atoms with van der Waals surface area (Å²) in [6.45, 7) is 7.18. The Bertz CT molecular complexity index is 362. The normalized spacial score (nSPS) is 22.8. The summed E-state index contributed by atoms with van der Waals surface area (Å²) in [6.07, 6.45) is 4.49. The Morgan fingerprint density at radius 1 is 1.59 bits per heavy atom. The second-order valence-corrected chi connectivity index (χ2v) is 5.10. The highest BCUT2D eigenvalue weighted by atomic mass is 16.5. The molecule has 1 aromatic heterocycles. The zero-order chi connectivity index (χ0) is 12.3. The number of hydrogen-bond donors (Lipinski definition) is 1. The largest absolute Gasteiger partial charge is 0.385 e. The van der Waals surface area contributed by atoms with Gasteiger partial charge in [-0.3, -0.25) is 0 Å². The van der Waals surface area contributed by atoms with Crippen LogP contribution in [0.1, 0.15) is 25.5 Å². The molecule has 0 aliphatic heterocycles. The summed E-state index contributed by atoms with van der Waals surface area (Å²) >= 11 is 0. The summed E-state index contributed by atoms with van der Waals surface area (Å²) in [7, 11) is 1.74. The van der Waals surface area contributed by atoms with E-state index in [2.05, 4.69) is 28.0 Å². The summed E-state index contributed by atoms with van der Waals surface area (Å²) in [5.74, 6) is 2.75. The van der Waals surface area contributed by atoms with Gasteiger partial charge in [0.15, 0.2) is 0 Å². The van der Waals surface area contributed by atoms with Crippen molar-refractivity contribution in [2.75, 3.05) is 25.6 Å². The van der Waals surface area contributed by atoms with Crippen LogP contribution in [0, 0.1) is 18.8 Å². The smallest absolute Gasteiger partial charge is 0.203 e. The minimum atomic E-state index is 0.802. The molecular formula is C13H23N3O. The van der Waals surface area contributed by atoms with Gasteiger partial charge >= 0.3 is 0 Å². The lowest BCUT2D eigenvalue weighted by Crippen LogP contribution is -2.11. The fraction of sp³-hybridized carbons (Fsp3) is 0.769. The van der Waals surface area contributed by atoms with E-state index >= 15 is 0 Å². The highest BCUT2D eigenvalue weighted by molar-refractivity contribution is 5.29. The highest BCUT2D eigenvalue weighted by Crippen LogP contribution is 2.37. The van der Waals surface area contributed by atoms with Crippen LogP contribution in [-0.2, 0) is 11.3 Å². The predicted octanol–water partition coefficient (Wildman–Crippen LogP) is 2.30. The molecule has 1 aliphatic rings. The third kappa shape index (κ3) is 3.46. The average molecular weight is 237 g/mol. The van der Waals surface area contributed by atoms with Crippen molar-refractivity contribution >= 4 is 5.95 Å². The van der Waals surface area contributed by atoms with Crippen LogP contribution in [0.25, 0.3) is 0 Å². The molecule has 1 fully saturated rings. The van der Waals surface area contributed by atoms with Crippen molar-refractivity contribution in [1.82, 2.24) is 9.55 Å². The van der Waals surface area contributed by atoms with E-state index in [9.17, 15) is 0 Å². The van der Waals surface area contributed by atoms with Gasteiger partial charge in [0, 0.05) is 33.0 Å². The second kappa shape index (κ2) is 5.54. The Hall–Kier alpha value is -1.03. The summed E-state index contributed by atoms with van der Waals surface area (Å²) in [4.78, 5) is 4.53. The Balaban J connectivity index is 1.85. The molecule has 2 unspecified atom stereocenters. The van der Waals surface area contributed by atoms with Crippen LogP contribution in [0.3, 0.4) is 0 Å². The molecule has 0 amide bonds. The van der Waals surface area contributed by atoms with Gasteiger partial charge in [-0.05, 0) is 31.6 Å². The molecule has 96 valence electrons. The van der Waals surface area contributed by atoms with Crippen molar-refractivity contribution in [2.24, 2.45) is 11.8 Å². The molecule has 1 N–H and O–H groups in total. The predicted molar refractivity (Wildman–Crippen MR) is 69.2 cm³/mol. The molecule has 1 heterocycles. The molecule has 0 spiro atoms. The SMILES string of the molecule is COCCCn1cc(C)nc1NCC1CC1C. The number of hydrogen-bond acceptors (Lipinski definition) is 3. The van der Waals surface area contributed by atoms with Gasteiger partial charge in [0.1, 0.15) is 0 Å². The highest BCUT2D eigenvalue weighted by Gasteiger charge is 2.32. The van der Waals surface area contributed by atoms with Crippen LogP contribution < -0.4 is 5.32 Å². The van der Waals surface area contributed by atoms with Crippen LogP contribution in [0.2, 0.25) is 0 Å². The van der Waals surface area contributed by atoms with Crippen LogP contribution in [-0.4, -0.2) is 29.8 Å². The summed E-state index contributed by atoms with van der Waals surface area (Å²) in [6, 6.07) is 0. The Morgan fingerprint density at radius 2 is 2.35 bits per heavy atom. The van der Waals surface area contributed by atoms with Gasteiger partial charge in [0.05, 0.1) is 5.69 Å². The molecule has 0 radical (unpaired) electrons. The number of ether oxygens (including phenoxy) is 1. The third-order valence-electron chi connectivity index (χ3n) is 3.44. The maximum Gasteiger partial charge on any atom is 0.203 e. The molecular weight excluding hydrogens is 214 g/mol. The maximum atomic E-state index is 5.08. The Morgan fingerprint density at radius 3 is 3.00 bits per heavy atom. The lowest BCUT2D eigenvalue weighted by molar-refractivity contribution is 0.190. The average Bonchev–Trinajstić information content (AvgIpc) is 2.88. The van der Waals surface area contributed by atoms with Crippen molar-refractivity contribution in [3.8, 4) is 0 Å². The van der Waals surface area contributed by atoms with Gasteiger partial charge < -0.3 is 14.6 Å². The third-order valence-corrected chi connectivity index (χ3v) is 3.44. The lowest BCUT2D eigenvalue weighted by atomic mass is 10.3. The quantitative estimate of drug-likeness (QED) is 0.740. The number of anilines is 1. The summed E-state index contributed by atoms with van der Waals surface area (Å²) in [5.41, 5.74) is 1.08. The van der Waals surface area contributed by atoms with E-state index in [1.807, 2.05) is 6.92 Å². The first-order chi connectivity index (χ1) is 8.20. The topological polar surface area (TPSA) is 39.1 Å². The van der Waals surface area contributed by atoms with Gasteiger partial charge in [0.25, 0.3) is 0 Å². The van der Waals surface area contributed by atoms with E-state index in [-0.39, 0.29) is 0 Å².